The fourth-order valence-corrected chi connectivity index (χ4v) is 1.00. The molecule has 0 radical (unpaired) electrons. The molecule has 1 rings (SSSR count). The zero-order valence-corrected chi connectivity index (χ0v) is 8.54. The Morgan fingerprint density at radius 3 is 2.93 bits per heavy atom. The van der Waals surface area contributed by atoms with Gasteiger partial charge in [-0.25, -0.2) is 0 Å². The van der Waals surface area contributed by atoms with Crippen molar-refractivity contribution in [2.24, 2.45) is 5.92 Å². The molecule has 2 N–H and O–H groups in total. The van der Waals surface area contributed by atoms with Crippen LogP contribution < -0.4 is 5.32 Å². The number of aliphatic hydroxyl groups excluding tert-OH is 1. The number of carbonyl (C=O) groups is 1. The molecule has 14 heavy (non-hydrogen) atoms. The molecular weight excluding hydrogens is 206 g/mol. The van der Waals surface area contributed by atoms with Crippen molar-refractivity contribution in [1.82, 2.24) is 5.32 Å². The zero-order valence-electron chi connectivity index (χ0n) is 7.79. The lowest BCUT2D eigenvalue weighted by Gasteiger charge is -2.07. The second-order valence-electron chi connectivity index (χ2n) is 3.10. The van der Waals surface area contributed by atoms with Gasteiger partial charge in [0.1, 0.15) is 0 Å². The summed E-state index contributed by atoms with van der Waals surface area (Å²) in [5.74, 6) is -0.110. The topological polar surface area (TPSA) is 62.5 Å². The second-order valence-corrected chi connectivity index (χ2v) is 3.47. The van der Waals surface area contributed by atoms with E-state index in [4.69, 9.17) is 21.1 Å². The summed E-state index contributed by atoms with van der Waals surface area (Å²) in [6.07, 6.45) is 0. The van der Waals surface area contributed by atoms with Crippen molar-refractivity contribution in [3.63, 3.8) is 0 Å². The van der Waals surface area contributed by atoms with Gasteiger partial charge in [-0.3, -0.25) is 4.79 Å². The van der Waals surface area contributed by atoms with Gasteiger partial charge in [0.05, 0.1) is 0 Å². The second kappa shape index (κ2) is 5.02. The number of hydrogen-bond donors (Lipinski definition) is 2. The lowest BCUT2D eigenvalue weighted by molar-refractivity contribution is 0.0914. The average molecular weight is 218 g/mol. The Bertz CT molecular complexity index is 311. The van der Waals surface area contributed by atoms with Gasteiger partial charge in [0.25, 0.3) is 5.91 Å². The summed E-state index contributed by atoms with van der Waals surface area (Å²) in [5, 5.41) is 11.5. The summed E-state index contributed by atoms with van der Waals surface area (Å²) in [6.45, 7) is 2.28. The molecule has 1 unspecified atom stereocenters. The van der Waals surface area contributed by atoms with Crippen LogP contribution in [-0.4, -0.2) is 24.2 Å². The Kier molecular flexibility index (Phi) is 3.98. The molecule has 0 aliphatic carbocycles. The van der Waals surface area contributed by atoms with Crippen LogP contribution in [0.15, 0.2) is 16.5 Å². The first-order valence-electron chi connectivity index (χ1n) is 4.28. The van der Waals surface area contributed by atoms with E-state index in [1.807, 2.05) is 6.92 Å². The van der Waals surface area contributed by atoms with E-state index < -0.39 is 0 Å². The highest BCUT2D eigenvalue weighted by molar-refractivity contribution is 6.29. The molecule has 5 heteroatoms. The predicted octanol–water partition coefficient (Wildman–Crippen LogP) is 1.29. The maximum Gasteiger partial charge on any atom is 0.287 e. The first-order valence-corrected chi connectivity index (χ1v) is 4.65. The van der Waals surface area contributed by atoms with Crippen LogP contribution in [0.3, 0.4) is 0 Å². The van der Waals surface area contributed by atoms with Crippen molar-refractivity contribution in [1.29, 1.82) is 0 Å². The fourth-order valence-electron chi connectivity index (χ4n) is 0.855. The van der Waals surface area contributed by atoms with Crippen molar-refractivity contribution in [3.8, 4) is 0 Å². The number of amides is 1. The molecule has 4 nitrogen and oxygen atoms in total. The molecule has 1 atom stereocenters. The molecule has 0 aliphatic heterocycles. The molecule has 0 aliphatic rings. The normalized spacial score (nSPS) is 12.5. The maximum absolute atomic E-state index is 11.3. The van der Waals surface area contributed by atoms with Crippen LogP contribution in [0.5, 0.6) is 0 Å². The molecule has 0 saturated heterocycles. The Labute approximate surface area is 86.9 Å². The molecule has 1 amide bonds. The van der Waals surface area contributed by atoms with Gasteiger partial charge in [-0.2, -0.15) is 0 Å². The molecule has 1 aromatic rings. The quantitative estimate of drug-likeness (QED) is 0.799. The number of nitrogens with one attached hydrogen (secondary N) is 1. The van der Waals surface area contributed by atoms with E-state index in [9.17, 15) is 4.79 Å². The lowest BCUT2D eigenvalue weighted by atomic mass is 10.2. The van der Waals surface area contributed by atoms with Crippen LogP contribution in [0.25, 0.3) is 0 Å². The van der Waals surface area contributed by atoms with Crippen LogP contribution in [0.4, 0.5) is 0 Å². The summed E-state index contributed by atoms with van der Waals surface area (Å²) in [7, 11) is 0. The predicted molar refractivity (Wildman–Crippen MR) is 52.3 cm³/mol. The molecule has 0 aromatic carbocycles. The zero-order chi connectivity index (χ0) is 10.6. The van der Waals surface area contributed by atoms with E-state index in [0.717, 1.165) is 0 Å². The Balaban J connectivity index is 2.43. The van der Waals surface area contributed by atoms with Crippen LogP contribution in [0.1, 0.15) is 17.5 Å². The van der Waals surface area contributed by atoms with E-state index in [-0.39, 0.29) is 29.4 Å². The van der Waals surface area contributed by atoms with Gasteiger partial charge in [-0.15, -0.1) is 0 Å². The van der Waals surface area contributed by atoms with Gasteiger partial charge in [0.15, 0.2) is 11.0 Å². The molecular formula is C9H12ClNO3. The Morgan fingerprint density at radius 1 is 1.71 bits per heavy atom. The van der Waals surface area contributed by atoms with E-state index >= 15 is 0 Å². The molecule has 0 saturated carbocycles. The third-order valence-electron chi connectivity index (χ3n) is 1.72. The van der Waals surface area contributed by atoms with Gasteiger partial charge in [0.2, 0.25) is 0 Å². The van der Waals surface area contributed by atoms with E-state index in [0.29, 0.717) is 6.54 Å². The van der Waals surface area contributed by atoms with Gasteiger partial charge < -0.3 is 14.8 Å². The molecule has 0 bridgehead atoms. The molecule has 1 aromatic heterocycles. The molecule has 0 fully saturated rings. The van der Waals surface area contributed by atoms with Crippen molar-refractivity contribution in [2.45, 2.75) is 6.92 Å². The Morgan fingerprint density at radius 2 is 2.43 bits per heavy atom. The summed E-state index contributed by atoms with van der Waals surface area (Å²) >= 11 is 5.51. The highest BCUT2D eigenvalue weighted by atomic mass is 35.5. The Hall–Kier alpha value is -1.00. The summed E-state index contributed by atoms with van der Waals surface area (Å²) in [5.41, 5.74) is 0. The van der Waals surface area contributed by atoms with Crippen molar-refractivity contribution < 1.29 is 14.3 Å². The largest absolute Gasteiger partial charge is 0.440 e. The third kappa shape index (κ3) is 3.05. The van der Waals surface area contributed by atoms with E-state index in [2.05, 4.69) is 5.32 Å². The lowest BCUT2D eigenvalue weighted by Crippen LogP contribution is -2.29. The fraction of sp³-hybridized carbons (Fsp3) is 0.444. The van der Waals surface area contributed by atoms with E-state index in [1.165, 1.54) is 12.1 Å². The summed E-state index contributed by atoms with van der Waals surface area (Å²) in [6, 6.07) is 3.01. The van der Waals surface area contributed by atoms with Crippen LogP contribution >= 0.6 is 11.6 Å². The minimum absolute atomic E-state index is 0.0318. The minimum atomic E-state index is -0.322. The van der Waals surface area contributed by atoms with Gasteiger partial charge >= 0.3 is 0 Å². The number of hydrogen-bond acceptors (Lipinski definition) is 3. The monoisotopic (exact) mass is 217 g/mol. The van der Waals surface area contributed by atoms with Crippen molar-refractivity contribution in [3.05, 3.63) is 23.1 Å². The number of halogens is 1. The van der Waals surface area contributed by atoms with Gasteiger partial charge in [0, 0.05) is 13.2 Å². The van der Waals surface area contributed by atoms with Crippen LogP contribution in [0, 0.1) is 5.92 Å². The first kappa shape index (κ1) is 11.1. The van der Waals surface area contributed by atoms with Gasteiger partial charge in [-0.05, 0) is 29.7 Å². The number of aliphatic hydroxyl groups is 1. The smallest absolute Gasteiger partial charge is 0.287 e. The highest BCUT2D eigenvalue weighted by Crippen LogP contribution is 2.12. The maximum atomic E-state index is 11.3. The van der Waals surface area contributed by atoms with Crippen molar-refractivity contribution in [2.75, 3.05) is 13.2 Å². The summed E-state index contributed by atoms with van der Waals surface area (Å²) in [4.78, 5) is 11.3. The number of furan rings is 1. The molecule has 78 valence electrons. The minimum Gasteiger partial charge on any atom is -0.440 e. The first-order chi connectivity index (χ1) is 6.63. The third-order valence-corrected chi connectivity index (χ3v) is 1.92. The average Bonchev–Trinajstić information content (AvgIpc) is 2.60. The highest BCUT2D eigenvalue weighted by Gasteiger charge is 2.10. The SMILES string of the molecule is CC(CO)CNC(=O)c1ccc(Cl)o1. The van der Waals surface area contributed by atoms with Crippen molar-refractivity contribution >= 4 is 17.5 Å². The summed E-state index contributed by atoms with van der Waals surface area (Å²) < 4.78 is 4.90. The van der Waals surface area contributed by atoms with Gasteiger partial charge in [-0.1, -0.05) is 6.92 Å². The van der Waals surface area contributed by atoms with Crippen LogP contribution in [-0.2, 0) is 0 Å². The molecule has 0 spiro atoms. The van der Waals surface area contributed by atoms with Crippen LogP contribution in [0.2, 0.25) is 5.22 Å². The number of rotatable bonds is 4. The molecule has 1 heterocycles. The standard InChI is InChI=1S/C9H12ClNO3/c1-6(5-12)4-11-9(13)7-2-3-8(10)14-7/h2-3,6,12H,4-5H2,1H3,(H,11,13). The van der Waals surface area contributed by atoms with E-state index in [1.54, 1.807) is 0 Å². The number of carbonyl (C=O) groups excluding carboxylic acids is 1.